The number of piperidine rings is 1. The minimum atomic E-state index is -0.640. The Balaban J connectivity index is 1.15. The number of Topliss-reactive ketones (excluding diaryl/α,β-unsaturated/α-hetero) is 2. The Morgan fingerprint density at radius 1 is 0.875 bits per heavy atom. The summed E-state index contributed by atoms with van der Waals surface area (Å²) in [7, 11) is 0. The van der Waals surface area contributed by atoms with Crippen LogP contribution in [0.4, 0.5) is 0 Å². The Kier molecular flexibility index (Phi) is 8.97. The molecule has 8 nitrogen and oxygen atoms in total. The molecule has 7 rings (SSSR count). The number of amides is 1. The summed E-state index contributed by atoms with van der Waals surface area (Å²) in [6.07, 6.45) is 4.45. The normalized spacial score (nSPS) is 23.9. The number of aromatic amines is 1. The highest BCUT2D eigenvalue weighted by molar-refractivity contribution is 7.19. The number of likely N-dealkylation sites (tertiary alicyclic amines) is 1. The summed E-state index contributed by atoms with van der Waals surface area (Å²) < 4.78 is 0. The first-order chi connectivity index (χ1) is 22.8. The van der Waals surface area contributed by atoms with Gasteiger partial charge in [-0.1, -0.05) is 31.0 Å². The summed E-state index contributed by atoms with van der Waals surface area (Å²) in [5.74, 6) is 1.21. The number of hydrogen-bond acceptors (Lipinski definition) is 7. The lowest BCUT2D eigenvalue weighted by atomic mass is 9.76. The number of carbonyl (C=O) groups is 3. The molecule has 3 aliphatic heterocycles. The molecule has 4 aliphatic rings. The highest BCUT2D eigenvalue weighted by Crippen LogP contribution is 2.46. The number of carbonyl (C=O) groups excluding carboxylic acids is 3. The van der Waals surface area contributed by atoms with Gasteiger partial charge in [0, 0.05) is 73.5 Å². The third-order valence-corrected chi connectivity index (χ3v) is 13.1. The van der Waals surface area contributed by atoms with Gasteiger partial charge in [0.2, 0.25) is 5.91 Å². The Bertz CT molecular complexity index is 1680. The Morgan fingerprint density at radius 2 is 1.54 bits per heavy atom. The van der Waals surface area contributed by atoms with E-state index in [1.807, 2.05) is 4.90 Å². The molecule has 0 spiro atoms. The Labute approximate surface area is 289 Å². The highest BCUT2D eigenvalue weighted by atomic mass is 32.1. The number of H-pyrrole nitrogens is 1. The van der Waals surface area contributed by atoms with E-state index in [1.54, 1.807) is 11.3 Å². The third-order valence-electron chi connectivity index (χ3n) is 11.7. The van der Waals surface area contributed by atoms with Crippen molar-refractivity contribution in [2.45, 2.75) is 78.7 Å². The van der Waals surface area contributed by atoms with Gasteiger partial charge >= 0.3 is 0 Å². The van der Waals surface area contributed by atoms with Gasteiger partial charge in [0.05, 0.1) is 23.2 Å². The summed E-state index contributed by atoms with van der Waals surface area (Å²) in [5.41, 5.74) is 3.69. The zero-order chi connectivity index (χ0) is 34.0. The van der Waals surface area contributed by atoms with Crippen LogP contribution in [0.2, 0.25) is 0 Å². The van der Waals surface area contributed by atoms with Crippen molar-refractivity contribution < 1.29 is 14.4 Å². The topological polar surface area (TPSA) is 88.7 Å². The molecular weight excluding hydrogens is 619 g/mol. The molecule has 4 fully saturated rings. The van der Waals surface area contributed by atoms with Gasteiger partial charge in [0.25, 0.3) is 0 Å². The quantitative estimate of drug-likeness (QED) is 0.265. The summed E-state index contributed by atoms with van der Waals surface area (Å²) in [4.78, 5) is 54.0. The molecule has 2 aromatic heterocycles. The van der Waals surface area contributed by atoms with Crippen LogP contribution in [0.25, 0.3) is 21.5 Å². The van der Waals surface area contributed by atoms with E-state index in [-0.39, 0.29) is 17.6 Å². The largest absolute Gasteiger partial charge is 0.346 e. The van der Waals surface area contributed by atoms with Gasteiger partial charge in [-0.2, -0.15) is 0 Å². The number of aryl methyl sites for hydroxylation is 2. The van der Waals surface area contributed by atoms with Gasteiger partial charge in [-0.15, -0.1) is 11.3 Å². The lowest BCUT2D eigenvalue weighted by Gasteiger charge is -2.38. The predicted octanol–water partition coefficient (Wildman–Crippen LogP) is 5.81. The maximum absolute atomic E-state index is 14.9. The second-order valence-corrected chi connectivity index (χ2v) is 17.4. The van der Waals surface area contributed by atoms with Crippen LogP contribution in [-0.4, -0.2) is 102 Å². The van der Waals surface area contributed by atoms with Gasteiger partial charge in [-0.05, 0) is 89.6 Å². The number of nitrogens with one attached hydrogen (secondary N) is 2. The number of thiophene rings is 1. The predicted molar refractivity (Wildman–Crippen MR) is 194 cm³/mol. The standard InChI is InChI=1S/C39H53N5O3S/c1-24-17-25(2)19-27(18-24)34-33(28-20-30(48-37(28)41-34)39(5,6)36(47)32-26-9-10-29(32)40-21-26)35(46)38(3,4)23-43-15-13-42(14-16-43)22-31(45)44-11-7-8-12-44/h17-20,26,29,32,40-41H,7-16,21-23H2,1-6H3. The fraction of sp³-hybridized carbons (Fsp3) is 0.615. The molecule has 1 saturated carbocycles. The van der Waals surface area contributed by atoms with Gasteiger partial charge in [0.1, 0.15) is 10.6 Å². The summed E-state index contributed by atoms with van der Waals surface area (Å²) in [5, 5.41) is 4.50. The number of nitrogens with zero attached hydrogens (tertiary/aromatic N) is 3. The van der Waals surface area contributed by atoms with E-state index >= 15 is 0 Å². The summed E-state index contributed by atoms with van der Waals surface area (Å²) >= 11 is 1.63. The SMILES string of the molecule is Cc1cc(C)cc(-c2[nH]c3sc(C(C)(C)C(=O)C4C5CCC4NC5)cc3c2C(=O)C(C)(C)CN2CCN(CC(=O)N3CCCC3)CC2)c1. The van der Waals surface area contributed by atoms with E-state index in [9.17, 15) is 14.4 Å². The first-order valence-corrected chi connectivity index (χ1v) is 18.9. The molecule has 3 saturated heterocycles. The van der Waals surface area contributed by atoms with Crippen molar-refractivity contribution in [2.24, 2.45) is 17.3 Å². The lowest BCUT2D eigenvalue weighted by molar-refractivity contribution is -0.131. The second kappa shape index (κ2) is 12.8. The van der Waals surface area contributed by atoms with Crippen LogP contribution < -0.4 is 5.32 Å². The fourth-order valence-electron chi connectivity index (χ4n) is 8.97. The molecule has 5 heterocycles. The summed E-state index contributed by atoms with van der Waals surface area (Å²) in [6, 6.07) is 8.92. The molecule has 1 amide bonds. The number of aromatic nitrogens is 1. The fourth-order valence-corrected chi connectivity index (χ4v) is 10.1. The zero-order valence-electron chi connectivity index (χ0n) is 29.7. The molecule has 9 heteroatoms. The van der Waals surface area contributed by atoms with Gasteiger partial charge < -0.3 is 15.2 Å². The van der Waals surface area contributed by atoms with Crippen molar-refractivity contribution in [2.75, 3.05) is 58.9 Å². The number of hydrogen-bond donors (Lipinski definition) is 2. The molecule has 3 unspecified atom stereocenters. The van der Waals surface area contributed by atoms with E-state index in [1.165, 1.54) is 0 Å². The molecule has 258 valence electrons. The average molecular weight is 672 g/mol. The molecular formula is C39H53N5O3S. The lowest BCUT2D eigenvalue weighted by Crippen LogP contribution is -2.52. The van der Waals surface area contributed by atoms with Crippen molar-refractivity contribution in [1.29, 1.82) is 0 Å². The van der Waals surface area contributed by atoms with Crippen LogP contribution in [-0.2, 0) is 15.0 Å². The molecule has 3 atom stereocenters. The van der Waals surface area contributed by atoms with Crippen LogP contribution in [0.5, 0.6) is 0 Å². The van der Waals surface area contributed by atoms with E-state index in [0.717, 1.165) is 115 Å². The number of fused-ring (bicyclic) bond motifs is 3. The molecule has 2 N–H and O–H groups in total. The smallest absolute Gasteiger partial charge is 0.236 e. The van der Waals surface area contributed by atoms with Crippen LogP contribution in [0.15, 0.2) is 24.3 Å². The molecule has 1 aromatic carbocycles. The maximum atomic E-state index is 14.9. The van der Waals surface area contributed by atoms with Crippen molar-refractivity contribution in [1.82, 2.24) is 25.0 Å². The van der Waals surface area contributed by atoms with Crippen molar-refractivity contribution in [3.8, 4) is 11.3 Å². The van der Waals surface area contributed by atoms with Crippen LogP contribution >= 0.6 is 11.3 Å². The number of benzene rings is 1. The second-order valence-electron chi connectivity index (χ2n) is 16.3. The van der Waals surface area contributed by atoms with E-state index in [0.29, 0.717) is 30.8 Å². The van der Waals surface area contributed by atoms with Crippen molar-refractivity contribution in [3.05, 3.63) is 45.8 Å². The first kappa shape index (κ1) is 33.6. The van der Waals surface area contributed by atoms with Gasteiger partial charge in [-0.25, -0.2) is 0 Å². The van der Waals surface area contributed by atoms with Crippen molar-refractivity contribution in [3.63, 3.8) is 0 Å². The number of rotatable bonds is 10. The molecule has 48 heavy (non-hydrogen) atoms. The van der Waals surface area contributed by atoms with Crippen molar-refractivity contribution >= 4 is 39.0 Å². The Morgan fingerprint density at radius 3 is 2.15 bits per heavy atom. The van der Waals surface area contributed by atoms with Gasteiger partial charge in [-0.3, -0.25) is 24.2 Å². The van der Waals surface area contributed by atoms with Crippen LogP contribution in [0.3, 0.4) is 0 Å². The van der Waals surface area contributed by atoms with E-state index in [4.69, 9.17) is 0 Å². The van der Waals surface area contributed by atoms with E-state index in [2.05, 4.69) is 85.9 Å². The molecule has 3 aromatic rings. The van der Waals surface area contributed by atoms with Gasteiger partial charge in [0.15, 0.2) is 5.78 Å². The summed E-state index contributed by atoms with van der Waals surface area (Å²) in [6.45, 7) is 19.7. The third kappa shape index (κ3) is 6.21. The highest BCUT2D eigenvalue weighted by Gasteiger charge is 2.50. The monoisotopic (exact) mass is 671 g/mol. The zero-order valence-corrected chi connectivity index (χ0v) is 30.5. The minimum Gasteiger partial charge on any atom is -0.346 e. The van der Waals surface area contributed by atoms with Crippen LogP contribution in [0, 0.1) is 31.1 Å². The number of piperazine rings is 1. The minimum absolute atomic E-state index is 0.0742. The van der Waals surface area contributed by atoms with E-state index < -0.39 is 10.8 Å². The number of ketones is 2. The Hall–Kier alpha value is -2.85. The molecule has 1 aliphatic carbocycles. The molecule has 0 radical (unpaired) electrons. The molecule has 2 bridgehead atoms. The van der Waals surface area contributed by atoms with Crippen LogP contribution in [0.1, 0.15) is 79.7 Å². The average Bonchev–Trinajstić information content (AvgIpc) is 3.87. The maximum Gasteiger partial charge on any atom is 0.236 e. The first-order valence-electron chi connectivity index (χ1n) is 18.1.